The average Bonchev–Trinajstić information content (AvgIpc) is 3.00. The van der Waals surface area contributed by atoms with E-state index in [9.17, 15) is 4.79 Å². The first-order valence-electron chi connectivity index (χ1n) is 7.60. The van der Waals surface area contributed by atoms with Gasteiger partial charge in [0.2, 0.25) is 0 Å². The monoisotopic (exact) mass is 317 g/mol. The Kier molecular flexibility index (Phi) is 6.10. The molecule has 0 fully saturated rings. The number of aryl methyl sites for hydroxylation is 1. The minimum Gasteiger partial charge on any atom is -0.383 e. The summed E-state index contributed by atoms with van der Waals surface area (Å²) in [5, 5.41) is 10.8. The molecule has 1 aromatic carbocycles. The molecule has 0 saturated carbocycles. The van der Waals surface area contributed by atoms with Gasteiger partial charge in [-0.15, -0.1) is 10.2 Å². The Morgan fingerprint density at radius 3 is 2.74 bits per heavy atom. The molecule has 0 spiro atoms. The van der Waals surface area contributed by atoms with Crippen molar-refractivity contribution in [2.75, 3.05) is 26.1 Å². The molecule has 124 valence electrons. The van der Waals surface area contributed by atoms with Crippen molar-refractivity contribution in [2.24, 2.45) is 0 Å². The van der Waals surface area contributed by atoms with Gasteiger partial charge in [-0.3, -0.25) is 0 Å². The number of hydrogen-bond acceptors (Lipinski definition) is 4. The Bertz CT molecular complexity index is 624. The molecule has 23 heavy (non-hydrogen) atoms. The summed E-state index contributed by atoms with van der Waals surface area (Å²) >= 11 is 0. The van der Waals surface area contributed by atoms with Crippen molar-refractivity contribution in [3.8, 4) is 0 Å². The molecule has 0 aliphatic carbocycles. The maximum atomic E-state index is 12.3. The van der Waals surface area contributed by atoms with Crippen LogP contribution in [0, 0.1) is 0 Å². The second-order valence-electron chi connectivity index (χ2n) is 5.27. The van der Waals surface area contributed by atoms with E-state index in [0.717, 1.165) is 17.9 Å². The number of carbonyl (C=O) groups excluding carboxylic acids is 1. The van der Waals surface area contributed by atoms with Crippen LogP contribution in [0.2, 0.25) is 0 Å². The van der Waals surface area contributed by atoms with Gasteiger partial charge < -0.3 is 19.5 Å². The van der Waals surface area contributed by atoms with Crippen LogP contribution in [0.25, 0.3) is 0 Å². The number of aromatic nitrogens is 3. The van der Waals surface area contributed by atoms with Crippen LogP contribution in [-0.4, -0.2) is 46.5 Å². The Morgan fingerprint density at radius 2 is 2.09 bits per heavy atom. The molecule has 1 aromatic heterocycles. The average molecular weight is 317 g/mol. The van der Waals surface area contributed by atoms with Gasteiger partial charge in [-0.05, 0) is 24.1 Å². The molecule has 2 aromatic rings. The molecule has 1 heterocycles. The van der Waals surface area contributed by atoms with Crippen molar-refractivity contribution in [3.63, 3.8) is 0 Å². The van der Waals surface area contributed by atoms with E-state index >= 15 is 0 Å². The van der Waals surface area contributed by atoms with Crippen molar-refractivity contribution in [3.05, 3.63) is 42.0 Å². The van der Waals surface area contributed by atoms with Crippen LogP contribution in [0.5, 0.6) is 0 Å². The van der Waals surface area contributed by atoms with Gasteiger partial charge in [-0.25, -0.2) is 4.79 Å². The lowest BCUT2D eigenvalue weighted by Crippen LogP contribution is -2.32. The smallest absolute Gasteiger partial charge is 0.321 e. The molecule has 0 unspecified atom stereocenters. The van der Waals surface area contributed by atoms with Gasteiger partial charge in [-0.2, -0.15) is 0 Å². The Labute approximate surface area is 136 Å². The molecule has 7 nitrogen and oxygen atoms in total. The highest BCUT2D eigenvalue weighted by atomic mass is 16.5. The SMILES string of the molecule is CCc1ccc(NC(=O)N(C)Cc2nncn2CCOC)cc1. The molecular formula is C16H23N5O2. The third-order valence-electron chi connectivity index (χ3n) is 3.57. The molecule has 0 radical (unpaired) electrons. The summed E-state index contributed by atoms with van der Waals surface area (Å²) in [5.74, 6) is 0.723. The van der Waals surface area contributed by atoms with Crippen LogP contribution in [0.1, 0.15) is 18.3 Å². The maximum Gasteiger partial charge on any atom is 0.321 e. The lowest BCUT2D eigenvalue weighted by molar-refractivity contribution is 0.184. The van der Waals surface area contributed by atoms with Crippen molar-refractivity contribution in [1.29, 1.82) is 0 Å². The number of ether oxygens (including phenoxy) is 1. The van der Waals surface area contributed by atoms with E-state index in [2.05, 4.69) is 22.4 Å². The van der Waals surface area contributed by atoms with E-state index in [-0.39, 0.29) is 6.03 Å². The lowest BCUT2D eigenvalue weighted by atomic mass is 10.1. The van der Waals surface area contributed by atoms with E-state index in [1.54, 1.807) is 25.4 Å². The number of nitrogens with one attached hydrogen (secondary N) is 1. The normalized spacial score (nSPS) is 10.6. The van der Waals surface area contributed by atoms with Crippen molar-refractivity contribution < 1.29 is 9.53 Å². The Morgan fingerprint density at radius 1 is 1.35 bits per heavy atom. The Balaban J connectivity index is 1.93. The predicted octanol–water partition coefficient (Wildman–Crippen LogP) is 2.15. The first-order chi connectivity index (χ1) is 11.1. The second kappa shape index (κ2) is 8.28. The fourth-order valence-electron chi connectivity index (χ4n) is 2.10. The van der Waals surface area contributed by atoms with E-state index in [1.165, 1.54) is 5.56 Å². The standard InChI is InChI=1S/C16H23N5O2/c1-4-13-5-7-14(8-6-13)18-16(22)20(2)11-15-19-17-12-21(15)9-10-23-3/h5-8,12H,4,9-11H2,1-3H3,(H,18,22). The van der Waals surface area contributed by atoms with Crippen LogP contribution < -0.4 is 5.32 Å². The van der Waals surface area contributed by atoms with E-state index in [0.29, 0.717) is 19.7 Å². The van der Waals surface area contributed by atoms with Crippen molar-refractivity contribution in [1.82, 2.24) is 19.7 Å². The molecule has 0 saturated heterocycles. The molecule has 7 heteroatoms. The van der Waals surface area contributed by atoms with E-state index in [1.807, 2.05) is 28.8 Å². The number of rotatable bonds is 7. The summed E-state index contributed by atoms with van der Waals surface area (Å²) in [6, 6.07) is 7.65. The minimum atomic E-state index is -0.185. The second-order valence-corrected chi connectivity index (χ2v) is 5.27. The van der Waals surface area contributed by atoms with Crippen LogP contribution in [-0.2, 0) is 24.2 Å². The van der Waals surface area contributed by atoms with Crippen LogP contribution >= 0.6 is 0 Å². The molecule has 0 atom stereocenters. The van der Waals surface area contributed by atoms with Gasteiger partial charge in [0.25, 0.3) is 0 Å². The topological polar surface area (TPSA) is 72.3 Å². The molecule has 2 rings (SSSR count). The highest BCUT2D eigenvalue weighted by Crippen LogP contribution is 2.11. The summed E-state index contributed by atoms with van der Waals surface area (Å²) in [5.41, 5.74) is 2.02. The van der Waals surface area contributed by atoms with Crippen LogP contribution in [0.4, 0.5) is 10.5 Å². The quantitative estimate of drug-likeness (QED) is 0.849. The number of methoxy groups -OCH3 is 1. The van der Waals surface area contributed by atoms with E-state index in [4.69, 9.17) is 4.74 Å². The molecule has 1 N–H and O–H groups in total. The Hall–Kier alpha value is -2.41. The zero-order chi connectivity index (χ0) is 16.7. The summed E-state index contributed by atoms with van der Waals surface area (Å²) < 4.78 is 6.93. The summed E-state index contributed by atoms with van der Waals surface area (Å²) in [4.78, 5) is 13.8. The lowest BCUT2D eigenvalue weighted by Gasteiger charge is -2.18. The zero-order valence-electron chi connectivity index (χ0n) is 13.8. The van der Waals surface area contributed by atoms with Crippen LogP contribution in [0.15, 0.2) is 30.6 Å². The fourth-order valence-corrected chi connectivity index (χ4v) is 2.10. The van der Waals surface area contributed by atoms with Gasteiger partial charge in [-0.1, -0.05) is 19.1 Å². The molecule has 0 aliphatic rings. The number of hydrogen-bond donors (Lipinski definition) is 1. The molecular weight excluding hydrogens is 294 g/mol. The number of urea groups is 1. The summed E-state index contributed by atoms with van der Waals surface area (Å²) in [6.45, 7) is 3.71. The maximum absolute atomic E-state index is 12.3. The highest BCUT2D eigenvalue weighted by Gasteiger charge is 2.13. The highest BCUT2D eigenvalue weighted by molar-refractivity contribution is 5.89. The fraction of sp³-hybridized carbons (Fsp3) is 0.438. The van der Waals surface area contributed by atoms with Crippen molar-refractivity contribution in [2.45, 2.75) is 26.4 Å². The minimum absolute atomic E-state index is 0.185. The molecule has 0 aliphatic heterocycles. The van der Waals surface area contributed by atoms with Gasteiger partial charge in [0.1, 0.15) is 6.33 Å². The first-order valence-corrected chi connectivity index (χ1v) is 7.60. The largest absolute Gasteiger partial charge is 0.383 e. The van der Waals surface area contributed by atoms with Gasteiger partial charge >= 0.3 is 6.03 Å². The third kappa shape index (κ3) is 4.79. The van der Waals surface area contributed by atoms with Gasteiger partial charge in [0, 0.05) is 26.4 Å². The predicted molar refractivity (Wildman–Crippen MR) is 88.2 cm³/mol. The van der Waals surface area contributed by atoms with Crippen LogP contribution in [0.3, 0.4) is 0 Å². The summed E-state index contributed by atoms with van der Waals surface area (Å²) in [7, 11) is 3.37. The number of carbonyl (C=O) groups is 1. The van der Waals surface area contributed by atoms with E-state index < -0.39 is 0 Å². The van der Waals surface area contributed by atoms with Gasteiger partial charge in [0.15, 0.2) is 5.82 Å². The summed E-state index contributed by atoms with van der Waals surface area (Å²) in [6.07, 6.45) is 2.62. The third-order valence-corrected chi connectivity index (χ3v) is 3.57. The first kappa shape index (κ1) is 17.0. The zero-order valence-corrected chi connectivity index (χ0v) is 13.8. The van der Waals surface area contributed by atoms with Crippen molar-refractivity contribution >= 4 is 11.7 Å². The number of amides is 2. The van der Waals surface area contributed by atoms with Gasteiger partial charge in [0.05, 0.1) is 13.2 Å². The molecule has 2 amide bonds. The number of anilines is 1. The number of benzene rings is 1. The number of nitrogens with zero attached hydrogens (tertiary/aromatic N) is 4. The molecule has 0 bridgehead atoms.